The van der Waals surface area contributed by atoms with Crippen molar-refractivity contribution in [2.24, 2.45) is 0 Å². The summed E-state index contributed by atoms with van der Waals surface area (Å²) >= 11 is 5.95. The van der Waals surface area contributed by atoms with Crippen molar-refractivity contribution in [3.8, 4) is 0 Å². The number of benzene rings is 1. The van der Waals surface area contributed by atoms with Crippen molar-refractivity contribution < 1.29 is 18.3 Å². The van der Waals surface area contributed by atoms with Crippen LogP contribution in [0.5, 0.6) is 0 Å². The van der Waals surface area contributed by atoms with Crippen molar-refractivity contribution in [3.63, 3.8) is 0 Å². The number of hydrogen-bond donors (Lipinski definition) is 1. The van der Waals surface area contributed by atoms with Gasteiger partial charge in [-0.15, -0.1) is 0 Å². The summed E-state index contributed by atoms with van der Waals surface area (Å²) in [6.45, 7) is 3.15. The average Bonchev–Trinajstić information content (AvgIpc) is 2.62. The SMILES string of the molecule is OC(CN1CCN(c2ccc(C(F)(F)F)cn2)CC1)c1cccc(Cl)c1. The summed E-state index contributed by atoms with van der Waals surface area (Å²) < 4.78 is 37.8. The molecule has 0 spiro atoms. The number of alkyl halides is 3. The van der Waals surface area contributed by atoms with Gasteiger partial charge in [0.1, 0.15) is 5.82 Å². The Balaban J connectivity index is 1.54. The minimum absolute atomic E-state index is 0.481. The summed E-state index contributed by atoms with van der Waals surface area (Å²) in [6.07, 6.45) is -4.14. The maximum absolute atomic E-state index is 12.6. The van der Waals surface area contributed by atoms with Crippen LogP contribution in [0.3, 0.4) is 0 Å². The van der Waals surface area contributed by atoms with E-state index in [1.165, 1.54) is 6.07 Å². The fraction of sp³-hybridized carbons (Fsp3) is 0.389. The summed E-state index contributed by atoms with van der Waals surface area (Å²) in [5.74, 6) is 0.535. The van der Waals surface area contributed by atoms with Crippen molar-refractivity contribution in [1.29, 1.82) is 0 Å². The van der Waals surface area contributed by atoms with Gasteiger partial charge in [0.15, 0.2) is 0 Å². The first-order chi connectivity index (χ1) is 12.3. The average molecular weight is 386 g/mol. The molecule has 0 bridgehead atoms. The van der Waals surface area contributed by atoms with Gasteiger partial charge in [-0.05, 0) is 29.8 Å². The minimum atomic E-state index is -4.37. The Morgan fingerprint density at radius 3 is 2.42 bits per heavy atom. The van der Waals surface area contributed by atoms with Crippen LogP contribution in [0.1, 0.15) is 17.2 Å². The maximum atomic E-state index is 12.6. The van der Waals surface area contributed by atoms with E-state index in [-0.39, 0.29) is 0 Å². The maximum Gasteiger partial charge on any atom is 0.417 e. The standard InChI is InChI=1S/C18H19ClF3N3O/c19-15-3-1-2-13(10-15)16(26)12-24-6-8-25(9-7-24)17-5-4-14(11-23-17)18(20,21)22/h1-5,10-11,16,26H,6-9,12H2. The number of aliphatic hydroxyl groups is 1. The van der Waals surface area contributed by atoms with Crippen LogP contribution in [0.2, 0.25) is 5.02 Å². The lowest BCUT2D eigenvalue weighted by molar-refractivity contribution is -0.137. The van der Waals surface area contributed by atoms with Crippen molar-refractivity contribution in [2.45, 2.75) is 12.3 Å². The molecule has 8 heteroatoms. The Morgan fingerprint density at radius 1 is 1.12 bits per heavy atom. The fourth-order valence-corrected chi connectivity index (χ4v) is 3.16. The second kappa shape index (κ2) is 7.82. The fourth-order valence-electron chi connectivity index (χ4n) is 2.96. The second-order valence-corrected chi connectivity index (χ2v) is 6.70. The van der Waals surface area contributed by atoms with E-state index in [9.17, 15) is 18.3 Å². The topological polar surface area (TPSA) is 39.6 Å². The monoisotopic (exact) mass is 385 g/mol. The number of hydrogen-bond acceptors (Lipinski definition) is 4. The van der Waals surface area contributed by atoms with Crippen LogP contribution in [-0.4, -0.2) is 47.7 Å². The Hall–Kier alpha value is -1.83. The summed E-state index contributed by atoms with van der Waals surface area (Å²) in [7, 11) is 0. The number of halogens is 4. The second-order valence-electron chi connectivity index (χ2n) is 6.26. The zero-order valence-corrected chi connectivity index (χ0v) is 14.7. The molecule has 0 amide bonds. The molecular formula is C18H19ClF3N3O. The van der Waals surface area contributed by atoms with Crippen LogP contribution in [0, 0.1) is 0 Å². The summed E-state index contributed by atoms with van der Waals surface area (Å²) in [5, 5.41) is 10.9. The first-order valence-electron chi connectivity index (χ1n) is 8.27. The van der Waals surface area contributed by atoms with Gasteiger partial charge in [0.2, 0.25) is 0 Å². The molecule has 140 valence electrons. The quantitative estimate of drug-likeness (QED) is 0.872. The van der Waals surface area contributed by atoms with E-state index < -0.39 is 17.8 Å². The highest BCUT2D eigenvalue weighted by molar-refractivity contribution is 6.30. The lowest BCUT2D eigenvalue weighted by atomic mass is 10.1. The Labute approximate surface area is 154 Å². The molecular weight excluding hydrogens is 367 g/mol. The molecule has 1 aliphatic heterocycles. The van der Waals surface area contributed by atoms with E-state index in [0.717, 1.165) is 17.8 Å². The van der Waals surface area contributed by atoms with Crippen molar-refractivity contribution in [1.82, 2.24) is 9.88 Å². The van der Waals surface area contributed by atoms with Crippen LogP contribution >= 0.6 is 11.6 Å². The van der Waals surface area contributed by atoms with E-state index in [2.05, 4.69) is 9.88 Å². The van der Waals surface area contributed by atoms with Gasteiger partial charge in [-0.25, -0.2) is 4.98 Å². The smallest absolute Gasteiger partial charge is 0.387 e. The lowest BCUT2D eigenvalue weighted by Crippen LogP contribution is -2.47. The van der Waals surface area contributed by atoms with Crippen LogP contribution in [0.25, 0.3) is 0 Å². The zero-order chi connectivity index (χ0) is 18.7. The van der Waals surface area contributed by atoms with Crippen molar-refractivity contribution in [3.05, 3.63) is 58.7 Å². The number of anilines is 1. The highest BCUT2D eigenvalue weighted by atomic mass is 35.5. The normalized spacial score (nSPS) is 17.3. The molecule has 4 nitrogen and oxygen atoms in total. The predicted octanol–water partition coefficient (Wildman–Crippen LogP) is 3.61. The summed E-state index contributed by atoms with van der Waals surface area (Å²) in [6, 6.07) is 9.59. The molecule has 26 heavy (non-hydrogen) atoms. The van der Waals surface area contributed by atoms with Gasteiger partial charge in [-0.3, -0.25) is 4.90 Å². The Kier molecular flexibility index (Phi) is 5.70. The molecule has 1 unspecified atom stereocenters. The Morgan fingerprint density at radius 2 is 1.85 bits per heavy atom. The van der Waals surface area contributed by atoms with E-state index in [1.807, 2.05) is 11.0 Å². The number of rotatable bonds is 4. The summed E-state index contributed by atoms with van der Waals surface area (Å²) in [4.78, 5) is 8.00. The van der Waals surface area contributed by atoms with Crippen LogP contribution in [-0.2, 0) is 6.18 Å². The molecule has 1 fully saturated rings. The van der Waals surface area contributed by atoms with Crippen LogP contribution in [0.4, 0.5) is 19.0 Å². The van der Waals surface area contributed by atoms with E-state index in [1.54, 1.807) is 18.2 Å². The minimum Gasteiger partial charge on any atom is -0.387 e. The van der Waals surface area contributed by atoms with Gasteiger partial charge in [-0.1, -0.05) is 23.7 Å². The van der Waals surface area contributed by atoms with Crippen molar-refractivity contribution >= 4 is 17.4 Å². The van der Waals surface area contributed by atoms with Gasteiger partial charge >= 0.3 is 6.18 Å². The third-order valence-electron chi connectivity index (χ3n) is 4.44. The Bertz CT molecular complexity index is 731. The number of piperazine rings is 1. The van der Waals surface area contributed by atoms with E-state index in [0.29, 0.717) is 43.6 Å². The molecule has 1 atom stereocenters. The lowest BCUT2D eigenvalue weighted by Gasteiger charge is -2.36. The number of pyridine rings is 1. The first-order valence-corrected chi connectivity index (χ1v) is 8.65. The summed E-state index contributed by atoms with van der Waals surface area (Å²) in [5.41, 5.74) is 0.0221. The molecule has 3 rings (SSSR count). The molecule has 0 aliphatic carbocycles. The van der Waals surface area contributed by atoms with Crippen LogP contribution in [0.15, 0.2) is 42.6 Å². The third-order valence-corrected chi connectivity index (χ3v) is 4.67. The van der Waals surface area contributed by atoms with Gasteiger partial charge < -0.3 is 10.0 Å². The number of aliphatic hydroxyl groups excluding tert-OH is 1. The molecule has 1 aromatic heterocycles. The van der Waals surface area contributed by atoms with E-state index >= 15 is 0 Å². The molecule has 2 heterocycles. The molecule has 0 saturated carbocycles. The van der Waals surface area contributed by atoms with Crippen LogP contribution < -0.4 is 4.90 Å². The molecule has 1 aliphatic rings. The molecule has 0 radical (unpaired) electrons. The van der Waals surface area contributed by atoms with Gasteiger partial charge in [0.25, 0.3) is 0 Å². The number of nitrogens with zero attached hydrogens (tertiary/aromatic N) is 3. The van der Waals surface area contributed by atoms with Crippen molar-refractivity contribution in [2.75, 3.05) is 37.6 Å². The highest BCUT2D eigenvalue weighted by Crippen LogP contribution is 2.29. The first kappa shape index (κ1) is 18.9. The van der Waals surface area contributed by atoms with Gasteiger partial charge in [0.05, 0.1) is 11.7 Å². The highest BCUT2D eigenvalue weighted by Gasteiger charge is 2.31. The number of aromatic nitrogens is 1. The predicted molar refractivity (Wildman–Crippen MR) is 94.3 cm³/mol. The molecule has 1 saturated heterocycles. The van der Waals surface area contributed by atoms with E-state index in [4.69, 9.17) is 11.6 Å². The molecule has 1 N–H and O–H groups in total. The third kappa shape index (κ3) is 4.66. The number of β-amino-alcohol motifs (C(OH)–C–C–N with tert-alkyl or cyclic N) is 1. The van der Waals surface area contributed by atoms with Gasteiger partial charge in [0, 0.05) is 43.9 Å². The largest absolute Gasteiger partial charge is 0.417 e. The van der Waals surface area contributed by atoms with Gasteiger partial charge in [-0.2, -0.15) is 13.2 Å². The molecule has 2 aromatic rings. The zero-order valence-electron chi connectivity index (χ0n) is 14.0. The molecule has 1 aromatic carbocycles.